The van der Waals surface area contributed by atoms with E-state index in [0.717, 1.165) is 16.5 Å². The molecule has 0 aliphatic heterocycles. The van der Waals surface area contributed by atoms with Crippen molar-refractivity contribution in [1.29, 1.82) is 0 Å². The number of carbonyl (C=O) groups excluding carboxylic acids is 1. The molecule has 0 fully saturated rings. The van der Waals surface area contributed by atoms with Crippen molar-refractivity contribution in [2.75, 3.05) is 14.2 Å². The number of hydrogen-bond acceptors (Lipinski definition) is 4. The van der Waals surface area contributed by atoms with Crippen LogP contribution in [0.15, 0.2) is 45.6 Å². The van der Waals surface area contributed by atoms with Gasteiger partial charge in [0.05, 0.1) is 17.2 Å². The van der Waals surface area contributed by atoms with Gasteiger partial charge in [0.2, 0.25) is 5.91 Å². The molecular formula is C22H21Cl2NO4. The van der Waals surface area contributed by atoms with Gasteiger partial charge in [-0.15, -0.1) is 0 Å². The van der Waals surface area contributed by atoms with Crippen molar-refractivity contribution in [3.63, 3.8) is 0 Å². The third-order valence-corrected chi connectivity index (χ3v) is 5.65. The smallest absolute Gasteiger partial charge is 0.339 e. The van der Waals surface area contributed by atoms with E-state index in [2.05, 4.69) is 0 Å². The average molecular weight is 434 g/mol. The highest BCUT2D eigenvalue weighted by Crippen LogP contribution is 2.25. The fraction of sp³-hybridized carbons (Fsp3) is 0.273. The number of hydrogen-bond donors (Lipinski definition) is 0. The quantitative estimate of drug-likeness (QED) is 0.512. The maximum absolute atomic E-state index is 12.6. The van der Waals surface area contributed by atoms with Crippen LogP contribution in [-0.2, 0) is 17.8 Å². The molecule has 1 aromatic heterocycles. The van der Waals surface area contributed by atoms with Crippen LogP contribution in [0.25, 0.3) is 11.0 Å². The van der Waals surface area contributed by atoms with Gasteiger partial charge in [0.1, 0.15) is 11.3 Å². The third-order valence-electron chi connectivity index (χ3n) is 4.91. The highest BCUT2D eigenvalue weighted by Gasteiger charge is 2.16. The molecule has 2 aromatic carbocycles. The van der Waals surface area contributed by atoms with Crippen LogP contribution in [-0.4, -0.2) is 25.0 Å². The van der Waals surface area contributed by atoms with Crippen LogP contribution in [0.1, 0.15) is 23.1 Å². The van der Waals surface area contributed by atoms with Crippen LogP contribution in [0.5, 0.6) is 5.75 Å². The first-order valence-electron chi connectivity index (χ1n) is 9.08. The maximum Gasteiger partial charge on any atom is 0.339 e. The SMILES string of the molecule is COc1ccc2c(C)c(CCC(=O)N(C)Cc3ccc(Cl)c(Cl)c3)c(=O)oc2c1. The Labute approximate surface area is 178 Å². The first-order chi connectivity index (χ1) is 13.8. The molecule has 0 aliphatic carbocycles. The van der Waals surface area contributed by atoms with E-state index >= 15 is 0 Å². The Morgan fingerprint density at radius 1 is 1.14 bits per heavy atom. The Bertz CT molecular complexity index is 1120. The molecule has 3 rings (SSSR count). The first-order valence-corrected chi connectivity index (χ1v) is 9.84. The summed E-state index contributed by atoms with van der Waals surface area (Å²) in [5.41, 5.74) is 2.25. The highest BCUT2D eigenvalue weighted by molar-refractivity contribution is 6.42. The summed E-state index contributed by atoms with van der Waals surface area (Å²) < 4.78 is 10.6. The van der Waals surface area contributed by atoms with Gasteiger partial charge in [-0.25, -0.2) is 4.79 Å². The summed E-state index contributed by atoms with van der Waals surface area (Å²) in [6, 6.07) is 10.6. The summed E-state index contributed by atoms with van der Waals surface area (Å²) in [7, 11) is 3.27. The lowest BCUT2D eigenvalue weighted by atomic mass is 10.0. The van der Waals surface area contributed by atoms with Crippen LogP contribution in [0, 0.1) is 6.92 Å². The molecule has 1 heterocycles. The summed E-state index contributed by atoms with van der Waals surface area (Å²) >= 11 is 12.0. The Hall–Kier alpha value is -2.50. The molecule has 0 unspecified atom stereocenters. The van der Waals surface area contributed by atoms with E-state index in [9.17, 15) is 9.59 Å². The van der Waals surface area contributed by atoms with Crippen LogP contribution in [0.2, 0.25) is 10.0 Å². The van der Waals surface area contributed by atoms with E-state index in [0.29, 0.717) is 39.9 Å². The molecular weight excluding hydrogens is 413 g/mol. The van der Waals surface area contributed by atoms with Gasteiger partial charge >= 0.3 is 5.63 Å². The van der Waals surface area contributed by atoms with Crippen LogP contribution in [0.4, 0.5) is 0 Å². The second-order valence-electron chi connectivity index (χ2n) is 6.85. The standard InChI is InChI=1S/C22H21Cl2NO4/c1-13-16-6-5-15(28-3)11-20(16)29-22(27)17(13)7-9-21(26)25(2)12-14-4-8-18(23)19(24)10-14/h4-6,8,10-11H,7,9,12H2,1-3H3. The normalized spacial score (nSPS) is 10.9. The van der Waals surface area contributed by atoms with Crippen molar-refractivity contribution in [3.05, 3.63) is 73.6 Å². The Morgan fingerprint density at radius 3 is 2.59 bits per heavy atom. The molecule has 1 amide bonds. The van der Waals surface area contributed by atoms with Gasteiger partial charge in [-0.2, -0.15) is 0 Å². The minimum atomic E-state index is -0.428. The zero-order valence-electron chi connectivity index (χ0n) is 16.4. The molecule has 3 aromatic rings. The summed E-state index contributed by atoms with van der Waals surface area (Å²) in [6.07, 6.45) is 0.506. The molecule has 0 N–H and O–H groups in total. The molecule has 0 saturated heterocycles. The number of rotatable bonds is 6. The molecule has 0 bridgehead atoms. The minimum Gasteiger partial charge on any atom is -0.497 e. The van der Waals surface area contributed by atoms with Gasteiger partial charge < -0.3 is 14.1 Å². The van der Waals surface area contributed by atoms with E-state index in [4.69, 9.17) is 32.4 Å². The Morgan fingerprint density at radius 2 is 1.90 bits per heavy atom. The van der Waals surface area contributed by atoms with Crippen molar-refractivity contribution in [3.8, 4) is 5.75 Å². The van der Waals surface area contributed by atoms with Gasteiger partial charge in [0, 0.05) is 37.0 Å². The van der Waals surface area contributed by atoms with E-state index in [1.807, 2.05) is 25.1 Å². The average Bonchev–Trinajstić information content (AvgIpc) is 2.69. The zero-order valence-corrected chi connectivity index (χ0v) is 17.9. The Kier molecular flexibility index (Phi) is 6.50. The molecule has 152 valence electrons. The van der Waals surface area contributed by atoms with Crippen molar-refractivity contribution >= 4 is 40.1 Å². The number of nitrogens with zero attached hydrogens (tertiary/aromatic N) is 1. The number of aryl methyl sites for hydroxylation is 1. The van der Waals surface area contributed by atoms with Crippen molar-refractivity contribution in [2.45, 2.75) is 26.3 Å². The van der Waals surface area contributed by atoms with Gasteiger partial charge in [-0.3, -0.25) is 4.79 Å². The lowest BCUT2D eigenvalue weighted by Crippen LogP contribution is -2.27. The lowest BCUT2D eigenvalue weighted by molar-refractivity contribution is -0.130. The van der Waals surface area contributed by atoms with Crippen LogP contribution < -0.4 is 10.4 Å². The number of benzene rings is 2. The van der Waals surface area contributed by atoms with Crippen molar-refractivity contribution < 1.29 is 13.9 Å². The molecule has 0 spiro atoms. The number of amides is 1. The van der Waals surface area contributed by atoms with Crippen LogP contribution >= 0.6 is 23.2 Å². The number of ether oxygens (including phenoxy) is 1. The largest absolute Gasteiger partial charge is 0.497 e. The minimum absolute atomic E-state index is 0.0790. The third kappa shape index (κ3) is 4.74. The highest BCUT2D eigenvalue weighted by atomic mass is 35.5. The van der Waals surface area contributed by atoms with Crippen LogP contribution in [0.3, 0.4) is 0 Å². The van der Waals surface area contributed by atoms with Crippen molar-refractivity contribution in [2.24, 2.45) is 0 Å². The summed E-state index contributed by atoms with van der Waals surface area (Å²) in [6.45, 7) is 2.27. The monoisotopic (exact) mass is 433 g/mol. The molecule has 5 nitrogen and oxygen atoms in total. The number of fused-ring (bicyclic) bond motifs is 1. The Balaban J connectivity index is 1.73. The number of methoxy groups -OCH3 is 1. The summed E-state index contributed by atoms with van der Waals surface area (Å²) in [4.78, 5) is 26.6. The van der Waals surface area contributed by atoms with E-state index in [1.165, 1.54) is 0 Å². The molecule has 29 heavy (non-hydrogen) atoms. The fourth-order valence-electron chi connectivity index (χ4n) is 3.21. The zero-order chi connectivity index (χ0) is 21.1. The molecule has 0 aliphatic rings. The number of carbonyl (C=O) groups is 1. The van der Waals surface area contributed by atoms with Gasteiger partial charge in [0.15, 0.2) is 0 Å². The topological polar surface area (TPSA) is 59.8 Å². The number of halogens is 2. The van der Waals surface area contributed by atoms with Crippen molar-refractivity contribution in [1.82, 2.24) is 4.90 Å². The second kappa shape index (κ2) is 8.89. The van der Waals surface area contributed by atoms with Gasteiger partial charge in [0.25, 0.3) is 0 Å². The van der Waals surface area contributed by atoms with E-state index < -0.39 is 5.63 Å². The van der Waals surface area contributed by atoms with Gasteiger partial charge in [-0.05, 0) is 48.7 Å². The molecule has 0 saturated carbocycles. The van der Waals surface area contributed by atoms with E-state index in [-0.39, 0.29) is 12.3 Å². The summed E-state index contributed by atoms with van der Waals surface area (Å²) in [5, 5.41) is 1.75. The fourth-order valence-corrected chi connectivity index (χ4v) is 3.53. The first kappa shape index (κ1) is 21.2. The van der Waals surface area contributed by atoms with E-state index in [1.54, 1.807) is 37.3 Å². The lowest BCUT2D eigenvalue weighted by Gasteiger charge is -2.18. The molecule has 0 atom stereocenters. The molecule has 7 heteroatoms. The van der Waals surface area contributed by atoms with Gasteiger partial charge in [-0.1, -0.05) is 29.3 Å². The summed E-state index contributed by atoms with van der Waals surface area (Å²) in [5.74, 6) is 0.539. The predicted molar refractivity (Wildman–Crippen MR) is 115 cm³/mol. The maximum atomic E-state index is 12.6. The predicted octanol–water partition coefficient (Wildman–Crippen LogP) is 5.01. The molecule has 0 radical (unpaired) electrons. The second-order valence-corrected chi connectivity index (χ2v) is 7.67.